The fourth-order valence-corrected chi connectivity index (χ4v) is 1.14. The van der Waals surface area contributed by atoms with E-state index in [1.165, 1.54) is 38.0 Å². The molecule has 0 radical (unpaired) electrons. The van der Waals surface area contributed by atoms with Crippen LogP contribution in [0.5, 0.6) is 0 Å². The van der Waals surface area contributed by atoms with E-state index in [1.54, 1.807) is 0 Å². The van der Waals surface area contributed by atoms with Crippen molar-refractivity contribution < 1.29 is 0 Å². The zero-order valence-electron chi connectivity index (χ0n) is 8.19. The molecule has 11 heavy (non-hydrogen) atoms. The van der Waals surface area contributed by atoms with E-state index in [1.807, 2.05) is 0 Å². The summed E-state index contributed by atoms with van der Waals surface area (Å²) in [4.78, 5) is 2.45. The van der Waals surface area contributed by atoms with Gasteiger partial charge in [-0.25, -0.2) is 0 Å². The molecule has 0 aliphatic rings. The van der Waals surface area contributed by atoms with Crippen LogP contribution in [-0.2, 0) is 0 Å². The van der Waals surface area contributed by atoms with Crippen molar-refractivity contribution in [1.82, 2.24) is 4.90 Å². The van der Waals surface area contributed by atoms with E-state index < -0.39 is 0 Å². The van der Waals surface area contributed by atoms with Gasteiger partial charge in [0.1, 0.15) is 0 Å². The summed E-state index contributed by atoms with van der Waals surface area (Å²) in [6.07, 6.45) is 2.44. The minimum Gasteiger partial charge on any atom is -0.304 e. The highest BCUT2D eigenvalue weighted by molar-refractivity contribution is 4.87. The number of nitrogens with zero attached hydrogens (tertiary/aromatic N) is 1. The zero-order valence-corrected chi connectivity index (χ0v) is 8.19. The minimum atomic E-state index is 1.17. The van der Waals surface area contributed by atoms with Crippen molar-refractivity contribution in [3.63, 3.8) is 0 Å². The Balaban J connectivity index is 3.28. The normalized spacial score (nSPS) is 10.5. The molecule has 0 unspecified atom stereocenters. The topological polar surface area (TPSA) is 3.24 Å². The molecule has 0 amide bonds. The molecule has 0 fully saturated rings. The summed E-state index contributed by atoms with van der Waals surface area (Å²) in [6.45, 7) is 14.0. The lowest BCUT2D eigenvalue weighted by Gasteiger charge is -2.17. The second-order valence-electron chi connectivity index (χ2n) is 3.09. The van der Waals surface area contributed by atoms with Crippen molar-refractivity contribution in [2.24, 2.45) is 0 Å². The summed E-state index contributed by atoms with van der Waals surface area (Å²) in [5.41, 5.74) is 1.30. The van der Waals surface area contributed by atoms with Gasteiger partial charge in [-0.2, -0.15) is 0 Å². The molecule has 0 rings (SSSR count). The van der Waals surface area contributed by atoms with Gasteiger partial charge in [0.25, 0.3) is 0 Å². The van der Waals surface area contributed by atoms with Crippen molar-refractivity contribution in [2.75, 3.05) is 19.6 Å². The predicted octanol–water partition coefficient (Wildman–Crippen LogP) is 2.68. The van der Waals surface area contributed by atoms with E-state index in [0.717, 1.165) is 0 Å². The van der Waals surface area contributed by atoms with Gasteiger partial charge in [0, 0.05) is 0 Å². The van der Waals surface area contributed by atoms with Crippen LogP contribution in [0.1, 0.15) is 33.6 Å². The molecule has 0 aliphatic carbocycles. The SMILES string of the molecule is C=C(C)CCCN(CC)CC. The summed E-state index contributed by atoms with van der Waals surface area (Å²) >= 11 is 0. The highest BCUT2D eigenvalue weighted by Gasteiger charge is 1.97. The van der Waals surface area contributed by atoms with Crippen LogP contribution in [-0.4, -0.2) is 24.5 Å². The Morgan fingerprint density at radius 3 is 2.18 bits per heavy atom. The van der Waals surface area contributed by atoms with Crippen molar-refractivity contribution >= 4 is 0 Å². The summed E-state index contributed by atoms with van der Waals surface area (Å²) in [7, 11) is 0. The second kappa shape index (κ2) is 6.41. The third-order valence-electron chi connectivity index (χ3n) is 1.97. The van der Waals surface area contributed by atoms with Crippen molar-refractivity contribution in [1.29, 1.82) is 0 Å². The van der Waals surface area contributed by atoms with E-state index in [2.05, 4.69) is 32.3 Å². The molecule has 0 saturated heterocycles. The average Bonchev–Trinajstić information content (AvgIpc) is 1.98. The van der Waals surface area contributed by atoms with Crippen LogP contribution in [0, 0.1) is 0 Å². The van der Waals surface area contributed by atoms with Crippen LogP contribution in [0.3, 0.4) is 0 Å². The summed E-state index contributed by atoms with van der Waals surface area (Å²) in [6, 6.07) is 0. The van der Waals surface area contributed by atoms with Gasteiger partial charge in [0.2, 0.25) is 0 Å². The summed E-state index contributed by atoms with van der Waals surface area (Å²) in [5.74, 6) is 0. The molecular formula is C10H21N. The number of hydrogen-bond acceptors (Lipinski definition) is 1. The van der Waals surface area contributed by atoms with E-state index in [-0.39, 0.29) is 0 Å². The molecule has 0 N–H and O–H groups in total. The Kier molecular flexibility index (Phi) is 6.24. The molecule has 0 bridgehead atoms. The molecule has 0 aromatic rings. The molecular weight excluding hydrogens is 134 g/mol. The van der Waals surface area contributed by atoms with Crippen molar-refractivity contribution in [3.05, 3.63) is 12.2 Å². The summed E-state index contributed by atoms with van der Waals surface area (Å²) in [5, 5.41) is 0. The quantitative estimate of drug-likeness (QED) is 0.533. The number of allylic oxidation sites excluding steroid dienone is 1. The van der Waals surface area contributed by atoms with Gasteiger partial charge < -0.3 is 4.90 Å². The fourth-order valence-electron chi connectivity index (χ4n) is 1.14. The first-order valence-corrected chi connectivity index (χ1v) is 4.57. The highest BCUT2D eigenvalue weighted by Crippen LogP contribution is 2.01. The number of hydrogen-bond donors (Lipinski definition) is 0. The largest absolute Gasteiger partial charge is 0.304 e. The van der Waals surface area contributed by atoms with Gasteiger partial charge in [-0.05, 0) is 39.4 Å². The third-order valence-corrected chi connectivity index (χ3v) is 1.97. The molecule has 1 heteroatoms. The second-order valence-corrected chi connectivity index (χ2v) is 3.09. The highest BCUT2D eigenvalue weighted by atomic mass is 15.1. The Hall–Kier alpha value is -0.300. The Morgan fingerprint density at radius 1 is 1.27 bits per heavy atom. The van der Waals surface area contributed by atoms with Crippen LogP contribution in [0.25, 0.3) is 0 Å². The first kappa shape index (κ1) is 10.7. The van der Waals surface area contributed by atoms with E-state index in [4.69, 9.17) is 0 Å². The predicted molar refractivity (Wildman–Crippen MR) is 51.8 cm³/mol. The lowest BCUT2D eigenvalue weighted by atomic mass is 10.2. The van der Waals surface area contributed by atoms with Crippen LogP contribution in [0.2, 0.25) is 0 Å². The Bertz CT molecular complexity index is 103. The maximum atomic E-state index is 3.89. The molecule has 0 heterocycles. The van der Waals surface area contributed by atoms with Crippen LogP contribution in [0.4, 0.5) is 0 Å². The lowest BCUT2D eigenvalue weighted by molar-refractivity contribution is 0.300. The van der Waals surface area contributed by atoms with Crippen molar-refractivity contribution in [2.45, 2.75) is 33.6 Å². The Labute approximate surface area is 71.1 Å². The van der Waals surface area contributed by atoms with Gasteiger partial charge in [0.15, 0.2) is 0 Å². The molecule has 0 saturated carbocycles. The van der Waals surface area contributed by atoms with Gasteiger partial charge in [-0.3, -0.25) is 0 Å². The van der Waals surface area contributed by atoms with Crippen molar-refractivity contribution in [3.8, 4) is 0 Å². The molecule has 66 valence electrons. The minimum absolute atomic E-state index is 1.17. The fraction of sp³-hybridized carbons (Fsp3) is 0.800. The molecule has 0 aromatic heterocycles. The third kappa shape index (κ3) is 6.11. The monoisotopic (exact) mass is 155 g/mol. The maximum Gasteiger partial charge on any atom is -0.00159 e. The van der Waals surface area contributed by atoms with Crippen LogP contribution in [0.15, 0.2) is 12.2 Å². The standard InChI is InChI=1S/C10H21N/c1-5-11(6-2)9-7-8-10(3)4/h3,5-9H2,1-2,4H3. The molecule has 0 spiro atoms. The first-order chi connectivity index (χ1) is 5.20. The van der Waals surface area contributed by atoms with Crippen LogP contribution >= 0.6 is 0 Å². The molecule has 1 nitrogen and oxygen atoms in total. The smallest absolute Gasteiger partial charge is 0.00159 e. The van der Waals surface area contributed by atoms with Gasteiger partial charge in [-0.1, -0.05) is 19.4 Å². The number of rotatable bonds is 6. The van der Waals surface area contributed by atoms with Gasteiger partial charge in [-0.15, -0.1) is 6.58 Å². The van der Waals surface area contributed by atoms with E-state index in [0.29, 0.717) is 0 Å². The van der Waals surface area contributed by atoms with E-state index >= 15 is 0 Å². The molecule has 0 atom stereocenters. The zero-order chi connectivity index (χ0) is 8.69. The van der Waals surface area contributed by atoms with Crippen LogP contribution < -0.4 is 0 Å². The van der Waals surface area contributed by atoms with Gasteiger partial charge >= 0.3 is 0 Å². The molecule has 0 aromatic carbocycles. The summed E-state index contributed by atoms with van der Waals surface area (Å²) < 4.78 is 0. The first-order valence-electron chi connectivity index (χ1n) is 4.57. The molecule has 0 aliphatic heterocycles. The average molecular weight is 155 g/mol. The Morgan fingerprint density at radius 2 is 1.82 bits per heavy atom. The maximum absolute atomic E-state index is 3.89. The van der Waals surface area contributed by atoms with E-state index in [9.17, 15) is 0 Å². The van der Waals surface area contributed by atoms with Gasteiger partial charge in [0.05, 0.1) is 0 Å². The lowest BCUT2D eigenvalue weighted by Crippen LogP contribution is -2.23.